The Labute approximate surface area is 123 Å². The number of nitrogens with two attached hydrogens (primary N) is 1. The minimum Gasteiger partial charge on any atom is -0.445 e. The number of primary amides is 1. The average molecular weight is 292 g/mol. The summed E-state index contributed by atoms with van der Waals surface area (Å²) in [6.45, 7) is 4.77. The van der Waals surface area contributed by atoms with Gasteiger partial charge >= 0.3 is 6.09 Å². The lowest BCUT2D eigenvalue weighted by Crippen LogP contribution is -2.23. The molecule has 0 bridgehead atoms. The van der Waals surface area contributed by atoms with Crippen LogP contribution < -0.4 is 11.1 Å². The topological polar surface area (TPSA) is 90.7 Å². The zero-order valence-corrected chi connectivity index (χ0v) is 11.8. The fraction of sp³-hybridized carbons (Fsp3) is 0.333. The molecule has 0 heterocycles. The number of alkyl carbamates (subject to hydrolysis) is 1. The van der Waals surface area contributed by atoms with Crippen LogP contribution in [0, 0.1) is 0 Å². The molecule has 1 aromatic rings. The number of nitrogens with one attached hydrogen (secondary N) is 1. The quantitative estimate of drug-likeness (QED) is 0.533. The van der Waals surface area contributed by atoms with E-state index in [0.717, 1.165) is 11.1 Å². The van der Waals surface area contributed by atoms with Crippen LogP contribution in [0.2, 0.25) is 0 Å². The van der Waals surface area contributed by atoms with Crippen molar-refractivity contribution < 1.29 is 19.1 Å². The normalized spacial score (nSPS) is 9.90. The van der Waals surface area contributed by atoms with Gasteiger partial charge < -0.3 is 20.5 Å². The highest BCUT2D eigenvalue weighted by Gasteiger charge is 2.01. The summed E-state index contributed by atoms with van der Waals surface area (Å²) in [6, 6.07) is 7.58. The molecule has 6 heteroatoms. The highest BCUT2D eigenvalue weighted by molar-refractivity contribution is 5.73. The molecule has 6 nitrogen and oxygen atoms in total. The Kier molecular flexibility index (Phi) is 7.60. The van der Waals surface area contributed by atoms with Crippen LogP contribution in [0.25, 0.3) is 0 Å². The highest BCUT2D eigenvalue weighted by Crippen LogP contribution is 2.06. The smallest absolute Gasteiger partial charge is 0.407 e. The van der Waals surface area contributed by atoms with Gasteiger partial charge in [0.1, 0.15) is 6.61 Å². The monoisotopic (exact) mass is 292 g/mol. The van der Waals surface area contributed by atoms with Crippen molar-refractivity contribution in [2.45, 2.75) is 19.6 Å². The van der Waals surface area contributed by atoms with Crippen LogP contribution in [0.1, 0.15) is 17.5 Å². The van der Waals surface area contributed by atoms with Crippen molar-refractivity contribution >= 4 is 12.0 Å². The van der Waals surface area contributed by atoms with Crippen LogP contribution >= 0.6 is 0 Å². The molecule has 0 saturated carbocycles. The van der Waals surface area contributed by atoms with Gasteiger partial charge in [-0.05, 0) is 11.1 Å². The second-order valence-corrected chi connectivity index (χ2v) is 4.33. The van der Waals surface area contributed by atoms with E-state index in [1.165, 1.54) is 6.08 Å². The Morgan fingerprint density at radius 2 is 1.90 bits per heavy atom. The predicted octanol–water partition coefficient (Wildman–Crippen LogP) is 1.49. The van der Waals surface area contributed by atoms with E-state index < -0.39 is 6.09 Å². The maximum atomic E-state index is 11.2. The SMILES string of the molecule is C=CCOC(=O)NCc1ccc(COCCC(N)=O)cc1. The maximum absolute atomic E-state index is 11.2. The Morgan fingerprint density at radius 3 is 2.52 bits per heavy atom. The number of rotatable bonds is 9. The van der Waals surface area contributed by atoms with Crippen LogP contribution in [0.15, 0.2) is 36.9 Å². The first-order valence-corrected chi connectivity index (χ1v) is 6.57. The van der Waals surface area contributed by atoms with Crippen molar-refractivity contribution in [1.82, 2.24) is 5.32 Å². The molecule has 0 atom stereocenters. The predicted molar refractivity (Wildman–Crippen MR) is 78.3 cm³/mol. The number of ether oxygens (including phenoxy) is 2. The molecular weight excluding hydrogens is 272 g/mol. The lowest BCUT2D eigenvalue weighted by Gasteiger charge is -2.07. The Hall–Kier alpha value is -2.34. The fourth-order valence-electron chi connectivity index (χ4n) is 1.48. The van der Waals surface area contributed by atoms with Crippen molar-refractivity contribution in [3.63, 3.8) is 0 Å². The highest BCUT2D eigenvalue weighted by atomic mass is 16.5. The third kappa shape index (κ3) is 7.74. The third-order valence-electron chi connectivity index (χ3n) is 2.55. The first-order chi connectivity index (χ1) is 10.1. The molecule has 0 fully saturated rings. The molecule has 114 valence electrons. The largest absolute Gasteiger partial charge is 0.445 e. The molecule has 3 N–H and O–H groups in total. The molecule has 0 aromatic heterocycles. The number of hydrogen-bond acceptors (Lipinski definition) is 4. The van der Waals surface area contributed by atoms with Gasteiger partial charge in [-0.25, -0.2) is 4.79 Å². The van der Waals surface area contributed by atoms with E-state index in [4.69, 9.17) is 15.2 Å². The standard InChI is InChI=1S/C15H20N2O4/c1-2-8-21-15(19)17-10-12-3-5-13(6-4-12)11-20-9-7-14(16)18/h2-6H,1,7-11H2,(H2,16,18)(H,17,19). The first kappa shape index (κ1) is 16.7. The second kappa shape index (κ2) is 9.55. The van der Waals surface area contributed by atoms with Gasteiger partial charge in [-0.15, -0.1) is 0 Å². The van der Waals surface area contributed by atoms with Gasteiger partial charge in [0, 0.05) is 13.0 Å². The van der Waals surface area contributed by atoms with Crippen molar-refractivity contribution in [2.24, 2.45) is 5.73 Å². The summed E-state index contributed by atoms with van der Waals surface area (Å²) < 4.78 is 10.1. The van der Waals surface area contributed by atoms with Gasteiger partial charge in [0.2, 0.25) is 5.91 Å². The van der Waals surface area contributed by atoms with Crippen molar-refractivity contribution in [3.05, 3.63) is 48.0 Å². The number of carbonyl (C=O) groups is 2. The van der Waals surface area contributed by atoms with Gasteiger partial charge in [-0.3, -0.25) is 4.79 Å². The molecule has 0 spiro atoms. The lowest BCUT2D eigenvalue weighted by atomic mass is 10.1. The molecule has 0 saturated heterocycles. The van der Waals surface area contributed by atoms with Gasteiger partial charge in [-0.1, -0.05) is 36.9 Å². The van der Waals surface area contributed by atoms with Crippen LogP contribution in [0.4, 0.5) is 4.79 Å². The lowest BCUT2D eigenvalue weighted by molar-refractivity contribution is -0.119. The molecule has 0 aliphatic carbocycles. The van der Waals surface area contributed by atoms with Crippen LogP contribution in [-0.4, -0.2) is 25.2 Å². The number of carbonyl (C=O) groups excluding carboxylic acids is 2. The summed E-state index contributed by atoms with van der Waals surface area (Å²) in [4.78, 5) is 21.8. The minimum atomic E-state index is -0.478. The molecule has 2 amide bonds. The van der Waals surface area contributed by atoms with E-state index in [2.05, 4.69) is 11.9 Å². The molecule has 1 rings (SSSR count). The molecule has 0 aliphatic rings. The van der Waals surface area contributed by atoms with E-state index in [0.29, 0.717) is 19.8 Å². The summed E-state index contributed by atoms with van der Waals surface area (Å²) >= 11 is 0. The average Bonchev–Trinajstić information content (AvgIpc) is 2.48. The van der Waals surface area contributed by atoms with E-state index in [-0.39, 0.29) is 18.9 Å². The van der Waals surface area contributed by atoms with E-state index in [1.807, 2.05) is 24.3 Å². The second-order valence-electron chi connectivity index (χ2n) is 4.33. The molecule has 0 aliphatic heterocycles. The van der Waals surface area contributed by atoms with E-state index >= 15 is 0 Å². The number of amides is 2. The van der Waals surface area contributed by atoms with Gasteiger partial charge in [0.05, 0.1) is 13.2 Å². The summed E-state index contributed by atoms with van der Waals surface area (Å²) in [5.74, 6) is -0.375. The molecule has 0 radical (unpaired) electrons. The molecule has 21 heavy (non-hydrogen) atoms. The summed E-state index contributed by atoms with van der Waals surface area (Å²) in [7, 11) is 0. The van der Waals surface area contributed by atoms with Gasteiger partial charge in [0.25, 0.3) is 0 Å². The van der Waals surface area contributed by atoms with Crippen molar-refractivity contribution in [2.75, 3.05) is 13.2 Å². The number of benzene rings is 1. The molecular formula is C15H20N2O4. The molecule has 1 aromatic carbocycles. The minimum absolute atomic E-state index is 0.188. The maximum Gasteiger partial charge on any atom is 0.407 e. The Bertz CT molecular complexity index is 471. The van der Waals surface area contributed by atoms with E-state index in [9.17, 15) is 9.59 Å². The molecule has 0 unspecified atom stereocenters. The summed E-state index contributed by atoms with van der Waals surface area (Å²) in [5.41, 5.74) is 6.94. The third-order valence-corrected chi connectivity index (χ3v) is 2.55. The van der Waals surface area contributed by atoms with E-state index in [1.54, 1.807) is 0 Å². The summed E-state index contributed by atoms with van der Waals surface area (Å²) in [6.07, 6.45) is 1.25. The fourth-order valence-corrected chi connectivity index (χ4v) is 1.48. The zero-order chi connectivity index (χ0) is 15.5. The van der Waals surface area contributed by atoms with Crippen LogP contribution in [0.5, 0.6) is 0 Å². The van der Waals surface area contributed by atoms with Crippen molar-refractivity contribution in [1.29, 1.82) is 0 Å². The van der Waals surface area contributed by atoms with Crippen LogP contribution in [0.3, 0.4) is 0 Å². The number of hydrogen-bond donors (Lipinski definition) is 2. The first-order valence-electron chi connectivity index (χ1n) is 6.57. The summed E-state index contributed by atoms with van der Waals surface area (Å²) in [5, 5.41) is 2.63. The Balaban J connectivity index is 2.28. The zero-order valence-electron chi connectivity index (χ0n) is 11.8. The Morgan fingerprint density at radius 1 is 1.24 bits per heavy atom. The van der Waals surface area contributed by atoms with Gasteiger partial charge in [0.15, 0.2) is 0 Å². The van der Waals surface area contributed by atoms with Gasteiger partial charge in [-0.2, -0.15) is 0 Å². The van der Waals surface area contributed by atoms with Crippen LogP contribution in [-0.2, 0) is 27.4 Å². The van der Waals surface area contributed by atoms with Crippen molar-refractivity contribution in [3.8, 4) is 0 Å².